The molecule has 0 aliphatic carbocycles. The van der Waals surface area contributed by atoms with Crippen LogP contribution in [-0.4, -0.2) is 22.2 Å². The average molecular weight is 285 g/mol. The van der Waals surface area contributed by atoms with E-state index in [-0.39, 0.29) is 12.0 Å². The topological polar surface area (TPSA) is 101 Å². The largest absolute Gasteiger partial charge is 0.481 e. The molecule has 108 valence electrons. The van der Waals surface area contributed by atoms with Gasteiger partial charge in [0, 0.05) is 6.04 Å². The maximum absolute atomic E-state index is 11.3. The Balaban J connectivity index is 2.55. The van der Waals surface area contributed by atoms with Crippen LogP contribution in [0.2, 0.25) is 0 Å². The van der Waals surface area contributed by atoms with E-state index in [4.69, 9.17) is 10.8 Å². The van der Waals surface area contributed by atoms with E-state index in [1.807, 2.05) is 0 Å². The molecule has 0 fully saturated rings. The van der Waals surface area contributed by atoms with Gasteiger partial charge in [-0.15, -0.1) is 0 Å². The van der Waals surface area contributed by atoms with Crippen molar-refractivity contribution >= 4 is 11.9 Å². The Morgan fingerprint density at radius 2 is 1.52 bits per heavy atom. The molecule has 2 aromatic carbocycles. The fourth-order valence-electron chi connectivity index (χ4n) is 2.27. The predicted octanol–water partition coefficient (Wildman–Crippen LogP) is 2.53. The quantitative estimate of drug-likeness (QED) is 0.783. The molecule has 0 saturated heterocycles. The van der Waals surface area contributed by atoms with E-state index in [0.717, 1.165) is 0 Å². The Morgan fingerprint density at radius 1 is 0.952 bits per heavy atom. The fraction of sp³-hybridized carbons (Fsp3) is 0.125. The highest BCUT2D eigenvalue weighted by Crippen LogP contribution is 2.31. The van der Waals surface area contributed by atoms with Crippen molar-refractivity contribution in [2.45, 2.75) is 12.5 Å². The normalized spacial score (nSPS) is 11.9. The number of carbonyl (C=O) groups is 2. The molecule has 2 rings (SSSR count). The first-order chi connectivity index (χ1) is 10.0. The third-order valence-corrected chi connectivity index (χ3v) is 3.20. The summed E-state index contributed by atoms with van der Waals surface area (Å²) in [4.78, 5) is 22.2. The molecule has 0 spiro atoms. The lowest BCUT2D eigenvalue weighted by atomic mass is 9.91. The lowest BCUT2D eigenvalue weighted by Gasteiger charge is -2.16. The number of rotatable bonds is 5. The molecule has 0 radical (unpaired) electrons. The molecular formula is C16H15NO4. The Kier molecular flexibility index (Phi) is 4.35. The van der Waals surface area contributed by atoms with Gasteiger partial charge in [0.15, 0.2) is 0 Å². The zero-order valence-electron chi connectivity index (χ0n) is 11.2. The van der Waals surface area contributed by atoms with Crippen LogP contribution in [-0.2, 0) is 4.79 Å². The van der Waals surface area contributed by atoms with Crippen molar-refractivity contribution in [1.82, 2.24) is 0 Å². The second-order valence-corrected chi connectivity index (χ2v) is 4.64. The van der Waals surface area contributed by atoms with E-state index < -0.39 is 18.0 Å². The van der Waals surface area contributed by atoms with Gasteiger partial charge < -0.3 is 15.9 Å². The summed E-state index contributed by atoms with van der Waals surface area (Å²) >= 11 is 0. The minimum Gasteiger partial charge on any atom is -0.481 e. The van der Waals surface area contributed by atoms with Crippen LogP contribution in [0.4, 0.5) is 0 Å². The molecule has 4 N–H and O–H groups in total. The minimum absolute atomic E-state index is 0.160. The summed E-state index contributed by atoms with van der Waals surface area (Å²) in [7, 11) is 0. The molecule has 5 heteroatoms. The zero-order valence-corrected chi connectivity index (χ0v) is 11.2. The van der Waals surface area contributed by atoms with Crippen molar-refractivity contribution in [1.29, 1.82) is 0 Å². The van der Waals surface area contributed by atoms with Crippen molar-refractivity contribution in [2.24, 2.45) is 5.73 Å². The van der Waals surface area contributed by atoms with E-state index in [2.05, 4.69) is 0 Å². The summed E-state index contributed by atoms with van der Waals surface area (Å²) in [6.07, 6.45) is -0.216. The van der Waals surface area contributed by atoms with Crippen LogP contribution in [0.15, 0.2) is 48.5 Å². The first-order valence-electron chi connectivity index (χ1n) is 6.39. The predicted molar refractivity (Wildman–Crippen MR) is 78.0 cm³/mol. The van der Waals surface area contributed by atoms with Crippen LogP contribution >= 0.6 is 0 Å². The molecule has 5 nitrogen and oxygen atoms in total. The second kappa shape index (κ2) is 6.19. The second-order valence-electron chi connectivity index (χ2n) is 4.64. The molecule has 1 atom stereocenters. The van der Waals surface area contributed by atoms with Crippen LogP contribution in [0.3, 0.4) is 0 Å². The van der Waals surface area contributed by atoms with Gasteiger partial charge in [0.25, 0.3) is 0 Å². The summed E-state index contributed by atoms with van der Waals surface area (Å²) < 4.78 is 0. The highest BCUT2D eigenvalue weighted by molar-refractivity contribution is 5.96. The number of carboxylic acids is 2. The van der Waals surface area contributed by atoms with Gasteiger partial charge in [-0.2, -0.15) is 0 Å². The van der Waals surface area contributed by atoms with E-state index in [1.54, 1.807) is 42.5 Å². The summed E-state index contributed by atoms with van der Waals surface area (Å²) in [6.45, 7) is 0. The lowest BCUT2D eigenvalue weighted by Crippen LogP contribution is -2.16. The van der Waals surface area contributed by atoms with Crippen LogP contribution in [0, 0.1) is 0 Å². The SMILES string of the molecule is NC(CC(=O)O)c1ccccc1-c1ccccc1C(=O)O. The summed E-state index contributed by atoms with van der Waals surface area (Å²) in [5.74, 6) is -2.03. The standard InChI is InChI=1S/C16H15NO4/c17-14(9-15(18)19)12-7-3-1-5-10(12)11-6-2-4-8-13(11)16(20)21/h1-8,14H,9,17H2,(H,18,19)(H,20,21). The Bertz CT molecular complexity index is 681. The molecule has 0 amide bonds. The highest BCUT2D eigenvalue weighted by Gasteiger charge is 2.18. The third kappa shape index (κ3) is 3.27. The van der Waals surface area contributed by atoms with E-state index in [9.17, 15) is 14.7 Å². The molecule has 1 unspecified atom stereocenters. The molecular weight excluding hydrogens is 270 g/mol. The smallest absolute Gasteiger partial charge is 0.336 e. The molecule has 0 aliphatic heterocycles. The van der Waals surface area contributed by atoms with Gasteiger partial charge in [0.05, 0.1) is 12.0 Å². The van der Waals surface area contributed by atoms with E-state index >= 15 is 0 Å². The van der Waals surface area contributed by atoms with Crippen molar-refractivity contribution < 1.29 is 19.8 Å². The third-order valence-electron chi connectivity index (χ3n) is 3.20. The van der Waals surface area contributed by atoms with Gasteiger partial charge in [-0.3, -0.25) is 4.79 Å². The van der Waals surface area contributed by atoms with Gasteiger partial charge in [-0.25, -0.2) is 4.79 Å². The van der Waals surface area contributed by atoms with Gasteiger partial charge in [0.1, 0.15) is 0 Å². The first kappa shape index (κ1) is 14.7. The molecule has 0 saturated carbocycles. The first-order valence-corrected chi connectivity index (χ1v) is 6.39. The maximum Gasteiger partial charge on any atom is 0.336 e. The molecule has 0 aliphatic rings. The van der Waals surface area contributed by atoms with Gasteiger partial charge in [0.2, 0.25) is 0 Å². The van der Waals surface area contributed by atoms with Crippen LogP contribution in [0.1, 0.15) is 28.4 Å². The number of hydrogen-bond donors (Lipinski definition) is 3. The van der Waals surface area contributed by atoms with Crippen molar-refractivity contribution in [3.63, 3.8) is 0 Å². The molecule has 21 heavy (non-hydrogen) atoms. The molecule has 0 heterocycles. The fourth-order valence-corrected chi connectivity index (χ4v) is 2.27. The van der Waals surface area contributed by atoms with E-state index in [0.29, 0.717) is 16.7 Å². The Labute approximate surface area is 121 Å². The van der Waals surface area contributed by atoms with Gasteiger partial charge in [-0.1, -0.05) is 42.5 Å². The van der Waals surface area contributed by atoms with Crippen LogP contribution in [0.5, 0.6) is 0 Å². The number of aromatic carboxylic acids is 1. The number of aliphatic carboxylic acids is 1. The molecule has 2 aromatic rings. The summed E-state index contributed by atoms with van der Waals surface area (Å²) in [5.41, 5.74) is 7.88. The van der Waals surface area contributed by atoms with Crippen molar-refractivity contribution in [3.05, 3.63) is 59.7 Å². The van der Waals surface area contributed by atoms with Gasteiger partial charge >= 0.3 is 11.9 Å². The van der Waals surface area contributed by atoms with Crippen molar-refractivity contribution in [3.8, 4) is 11.1 Å². The number of carboxylic acid groups (broad SMARTS) is 2. The molecule has 0 bridgehead atoms. The van der Waals surface area contributed by atoms with Crippen molar-refractivity contribution in [2.75, 3.05) is 0 Å². The Hall–Kier alpha value is -2.66. The average Bonchev–Trinajstić information content (AvgIpc) is 2.46. The number of benzene rings is 2. The van der Waals surface area contributed by atoms with Crippen LogP contribution in [0.25, 0.3) is 11.1 Å². The number of hydrogen-bond acceptors (Lipinski definition) is 3. The van der Waals surface area contributed by atoms with E-state index in [1.165, 1.54) is 6.07 Å². The summed E-state index contributed by atoms with van der Waals surface area (Å²) in [5, 5.41) is 18.2. The maximum atomic E-state index is 11.3. The number of nitrogens with two attached hydrogens (primary N) is 1. The highest BCUT2D eigenvalue weighted by atomic mass is 16.4. The minimum atomic E-state index is -1.03. The summed E-state index contributed by atoms with van der Waals surface area (Å²) in [6, 6.07) is 12.9. The lowest BCUT2D eigenvalue weighted by molar-refractivity contribution is -0.137. The Morgan fingerprint density at radius 3 is 2.14 bits per heavy atom. The zero-order chi connectivity index (χ0) is 15.4. The van der Waals surface area contributed by atoms with Crippen LogP contribution < -0.4 is 5.73 Å². The molecule has 0 aromatic heterocycles. The monoisotopic (exact) mass is 285 g/mol. The van der Waals surface area contributed by atoms with Gasteiger partial charge in [-0.05, 0) is 22.8 Å².